The Balaban J connectivity index is 1.70. The summed E-state index contributed by atoms with van der Waals surface area (Å²) in [6.45, 7) is 2.71. The third kappa shape index (κ3) is 3.85. The fourth-order valence-corrected chi connectivity index (χ4v) is 3.48. The van der Waals surface area contributed by atoms with Crippen LogP contribution in [0.5, 0.6) is 5.88 Å². The minimum atomic E-state index is -0.352. The average Bonchev–Trinajstić information content (AvgIpc) is 2.73. The largest absolute Gasteiger partial charge is 0.481 e. The molecule has 29 heavy (non-hydrogen) atoms. The second-order valence-corrected chi connectivity index (χ2v) is 7.04. The van der Waals surface area contributed by atoms with E-state index < -0.39 is 0 Å². The zero-order valence-corrected chi connectivity index (χ0v) is 16.7. The van der Waals surface area contributed by atoms with Crippen LogP contribution in [0.25, 0.3) is 22.1 Å². The molecule has 0 fully saturated rings. The van der Waals surface area contributed by atoms with Crippen LogP contribution in [0.15, 0.2) is 76.1 Å². The molecule has 0 aliphatic rings. The van der Waals surface area contributed by atoms with Gasteiger partial charge in [-0.1, -0.05) is 30.3 Å². The molecule has 0 aliphatic heterocycles. The monoisotopic (exact) mass is 386 g/mol. The van der Waals surface area contributed by atoms with Crippen molar-refractivity contribution in [2.45, 2.75) is 13.5 Å². The summed E-state index contributed by atoms with van der Waals surface area (Å²) in [5.41, 5.74) is 5.29. The van der Waals surface area contributed by atoms with Gasteiger partial charge in [0, 0.05) is 54.6 Å². The van der Waals surface area contributed by atoms with E-state index in [1.54, 1.807) is 19.4 Å². The van der Waals surface area contributed by atoms with Gasteiger partial charge in [0.2, 0.25) is 5.88 Å². The first-order valence-electron chi connectivity index (χ1n) is 9.39. The number of methoxy groups -OCH3 is 1. The van der Waals surface area contributed by atoms with Crippen LogP contribution in [0, 0.1) is 6.92 Å². The maximum atomic E-state index is 12.2. The van der Waals surface area contributed by atoms with Gasteiger partial charge in [-0.15, -0.1) is 0 Å². The molecule has 0 spiro atoms. The zero-order chi connectivity index (χ0) is 20.4. The van der Waals surface area contributed by atoms with Crippen LogP contribution < -0.4 is 15.3 Å². The van der Waals surface area contributed by atoms with Gasteiger partial charge in [-0.3, -0.25) is 0 Å². The van der Waals surface area contributed by atoms with Gasteiger partial charge in [-0.2, -0.15) is 0 Å². The highest BCUT2D eigenvalue weighted by Crippen LogP contribution is 2.31. The van der Waals surface area contributed by atoms with Crippen LogP contribution >= 0.6 is 0 Å². The lowest BCUT2D eigenvalue weighted by Gasteiger charge is -2.20. The van der Waals surface area contributed by atoms with Crippen molar-refractivity contribution in [1.82, 2.24) is 4.98 Å². The molecule has 0 radical (unpaired) electrons. The number of ether oxygens (including phenoxy) is 1. The number of aryl methyl sites for hydroxylation is 1. The predicted octanol–water partition coefficient (Wildman–Crippen LogP) is 4.81. The molecular formula is C24H22N2O3. The van der Waals surface area contributed by atoms with Gasteiger partial charge >= 0.3 is 5.63 Å². The van der Waals surface area contributed by atoms with Crippen LogP contribution in [0.2, 0.25) is 0 Å². The molecule has 5 heteroatoms. The van der Waals surface area contributed by atoms with Crippen molar-refractivity contribution in [1.29, 1.82) is 0 Å². The Labute approximate surface area is 169 Å². The Morgan fingerprint density at radius 1 is 1.03 bits per heavy atom. The lowest BCUT2D eigenvalue weighted by molar-refractivity contribution is 0.397. The summed E-state index contributed by atoms with van der Waals surface area (Å²) in [6.07, 6.45) is 1.80. The summed E-state index contributed by atoms with van der Waals surface area (Å²) < 4.78 is 10.6. The molecule has 0 unspecified atom stereocenters. The van der Waals surface area contributed by atoms with E-state index in [0.717, 1.165) is 33.3 Å². The number of anilines is 1. The number of fused-ring (bicyclic) bond motifs is 1. The van der Waals surface area contributed by atoms with Crippen molar-refractivity contribution >= 4 is 16.7 Å². The van der Waals surface area contributed by atoms with Gasteiger partial charge < -0.3 is 14.1 Å². The standard InChI is InChI=1S/C24H22N2O3/c1-16-6-4-5-7-19(16)21-13-24(27)29-22-12-18(9-10-20(21)22)26(2)15-17-8-11-23(28-3)25-14-17/h4-14H,15H2,1-3H3. The first kappa shape index (κ1) is 18.7. The molecule has 0 bridgehead atoms. The van der Waals surface area contributed by atoms with Gasteiger partial charge in [-0.05, 0) is 35.7 Å². The highest BCUT2D eigenvalue weighted by molar-refractivity contribution is 5.95. The van der Waals surface area contributed by atoms with Crippen molar-refractivity contribution in [3.05, 3.63) is 88.4 Å². The SMILES string of the molecule is COc1ccc(CN(C)c2ccc3c(-c4ccccc4C)cc(=O)oc3c2)cn1. The van der Waals surface area contributed by atoms with Crippen molar-refractivity contribution in [3.8, 4) is 17.0 Å². The number of benzene rings is 2. The Kier molecular flexibility index (Phi) is 5.04. The Morgan fingerprint density at radius 2 is 1.86 bits per heavy atom. The Hall–Kier alpha value is -3.60. The average molecular weight is 386 g/mol. The number of hydrogen-bond acceptors (Lipinski definition) is 5. The molecule has 146 valence electrons. The molecule has 5 nitrogen and oxygen atoms in total. The molecule has 2 aromatic carbocycles. The summed E-state index contributed by atoms with van der Waals surface area (Å²) in [7, 11) is 3.59. The highest BCUT2D eigenvalue weighted by Gasteiger charge is 2.12. The van der Waals surface area contributed by atoms with Gasteiger partial charge in [0.05, 0.1) is 7.11 Å². The fourth-order valence-electron chi connectivity index (χ4n) is 3.48. The molecule has 0 N–H and O–H groups in total. The number of hydrogen-bond donors (Lipinski definition) is 0. The maximum Gasteiger partial charge on any atom is 0.336 e. The second kappa shape index (κ2) is 7.80. The molecule has 4 rings (SSSR count). The molecule has 0 saturated carbocycles. The smallest absolute Gasteiger partial charge is 0.336 e. The van der Waals surface area contributed by atoms with Crippen LogP contribution in [0.4, 0.5) is 5.69 Å². The molecule has 2 aromatic heterocycles. The number of nitrogens with zero attached hydrogens (tertiary/aromatic N) is 2. The highest BCUT2D eigenvalue weighted by atomic mass is 16.5. The van der Waals surface area contributed by atoms with Crippen molar-refractivity contribution in [2.24, 2.45) is 0 Å². The molecule has 0 aliphatic carbocycles. The van der Waals surface area contributed by atoms with Crippen molar-refractivity contribution < 1.29 is 9.15 Å². The van der Waals surface area contributed by atoms with E-state index in [9.17, 15) is 4.79 Å². The van der Waals surface area contributed by atoms with E-state index in [0.29, 0.717) is 18.0 Å². The quantitative estimate of drug-likeness (QED) is 0.461. The normalized spacial score (nSPS) is 10.9. The van der Waals surface area contributed by atoms with Crippen LogP contribution in [-0.4, -0.2) is 19.1 Å². The first-order valence-corrected chi connectivity index (χ1v) is 9.39. The number of pyridine rings is 1. The molecule has 2 heterocycles. The van der Waals surface area contributed by atoms with Crippen LogP contribution in [0.3, 0.4) is 0 Å². The summed E-state index contributed by atoms with van der Waals surface area (Å²) in [5.74, 6) is 0.590. The second-order valence-electron chi connectivity index (χ2n) is 7.04. The molecular weight excluding hydrogens is 364 g/mol. The summed E-state index contributed by atoms with van der Waals surface area (Å²) in [5, 5.41) is 0.919. The lowest BCUT2D eigenvalue weighted by atomic mass is 9.98. The maximum absolute atomic E-state index is 12.2. The Morgan fingerprint density at radius 3 is 2.59 bits per heavy atom. The van der Waals surface area contributed by atoms with Crippen molar-refractivity contribution in [2.75, 3.05) is 19.1 Å². The summed E-state index contributed by atoms with van der Waals surface area (Å²) in [4.78, 5) is 18.6. The fraction of sp³-hybridized carbons (Fsp3) is 0.167. The van der Waals surface area contributed by atoms with Gasteiger partial charge in [0.25, 0.3) is 0 Å². The van der Waals surface area contributed by atoms with E-state index in [-0.39, 0.29) is 5.63 Å². The molecule has 0 amide bonds. The van der Waals surface area contributed by atoms with Crippen LogP contribution in [-0.2, 0) is 6.54 Å². The minimum absolute atomic E-state index is 0.352. The molecule has 0 saturated heterocycles. The van der Waals surface area contributed by atoms with Gasteiger partial charge in [0.1, 0.15) is 5.58 Å². The van der Waals surface area contributed by atoms with E-state index in [4.69, 9.17) is 9.15 Å². The zero-order valence-electron chi connectivity index (χ0n) is 16.7. The first-order chi connectivity index (χ1) is 14.0. The van der Waals surface area contributed by atoms with E-state index in [1.165, 1.54) is 0 Å². The summed E-state index contributed by atoms with van der Waals surface area (Å²) in [6, 6.07) is 19.4. The van der Waals surface area contributed by atoms with E-state index in [2.05, 4.69) is 9.88 Å². The number of aromatic nitrogens is 1. The van der Waals surface area contributed by atoms with Crippen molar-refractivity contribution in [3.63, 3.8) is 0 Å². The Bertz CT molecular complexity index is 1210. The third-order valence-electron chi connectivity index (χ3n) is 5.03. The van der Waals surface area contributed by atoms with Crippen LogP contribution in [0.1, 0.15) is 11.1 Å². The summed E-state index contributed by atoms with van der Waals surface area (Å²) >= 11 is 0. The molecule has 4 aromatic rings. The third-order valence-corrected chi connectivity index (χ3v) is 5.03. The predicted molar refractivity (Wildman–Crippen MR) is 116 cm³/mol. The van der Waals surface area contributed by atoms with E-state index >= 15 is 0 Å². The number of rotatable bonds is 5. The molecule has 0 atom stereocenters. The lowest BCUT2D eigenvalue weighted by Crippen LogP contribution is -2.16. The minimum Gasteiger partial charge on any atom is -0.481 e. The van der Waals surface area contributed by atoms with Gasteiger partial charge in [0.15, 0.2) is 0 Å². The van der Waals surface area contributed by atoms with Gasteiger partial charge in [-0.25, -0.2) is 9.78 Å². The van der Waals surface area contributed by atoms with E-state index in [1.807, 2.05) is 68.6 Å². The topological polar surface area (TPSA) is 55.6 Å².